The van der Waals surface area contributed by atoms with Crippen molar-refractivity contribution < 1.29 is 4.79 Å². The zero-order valence-corrected chi connectivity index (χ0v) is 11.7. The number of piperazine rings is 1. The normalized spacial score (nSPS) is 16.8. The number of nitriles is 1. The average molecular weight is 274 g/mol. The molecule has 1 aromatic heterocycles. The molecule has 0 radical (unpaired) electrons. The standard InChI is InChI=1S/C14H18N4O2/c1-14(2,10-15)18-8-6-17(7-9-18)13(20)11-4-3-5-12(19)16-11/h3-5H,6-9H2,1-2H3,(H,16,19). The summed E-state index contributed by atoms with van der Waals surface area (Å²) in [5.41, 5.74) is -0.485. The van der Waals surface area contributed by atoms with E-state index in [1.54, 1.807) is 17.0 Å². The second-order valence-corrected chi connectivity index (χ2v) is 5.38. The number of hydrogen-bond donors (Lipinski definition) is 1. The monoisotopic (exact) mass is 274 g/mol. The Kier molecular flexibility index (Phi) is 3.91. The number of pyridine rings is 1. The number of aromatic nitrogens is 1. The summed E-state index contributed by atoms with van der Waals surface area (Å²) in [6, 6.07) is 6.83. The molecule has 0 bridgehead atoms. The number of nitrogens with one attached hydrogen (secondary N) is 1. The van der Waals surface area contributed by atoms with Gasteiger partial charge in [-0.25, -0.2) is 0 Å². The molecule has 1 N–H and O–H groups in total. The maximum Gasteiger partial charge on any atom is 0.270 e. The molecule has 2 heterocycles. The molecule has 1 saturated heterocycles. The first kappa shape index (κ1) is 14.3. The van der Waals surface area contributed by atoms with Crippen molar-refractivity contribution in [3.8, 4) is 6.07 Å². The molecule has 106 valence electrons. The Morgan fingerprint density at radius 1 is 1.30 bits per heavy atom. The first-order valence-electron chi connectivity index (χ1n) is 6.59. The maximum atomic E-state index is 12.3. The lowest BCUT2D eigenvalue weighted by molar-refractivity contribution is 0.0515. The highest BCUT2D eigenvalue weighted by molar-refractivity contribution is 5.92. The summed E-state index contributed by atoms with van der Waals surface area (Å²) >= 11 is 0. The predicted octanol–water partition coefficient (Wildman–Crippen LogP) is 0.435. The lowest BCUT2D eigenvalue weighted by atomic mass is 10.0. The zero-order chi connectivity index (χ0) is 14.8. The first-order valence-corrected chi connectivity index (χ1v) is 6.59. The zero-order valence-electron chi connectivity index (χ0n) is 11.7. The van der Waals surface area contributed by atoms with E-state index in [0.29, 0.717) is 31.9 Å². The van der Waals surface area contributed by atoms with E-state index in [1.165, 1.54) is 6.07 Å². The molecular weight excluding hydrogens is 256 g/mol. The molecule has 1 aliphatic rings. The van der Waals surface area contributed by atoms with Crippen LogP contribution in [0.25, 0.3) is 0 Å². The minimum absolute atomic E-state index is 0.169. The van der Waals surface area contributed by atoms with Gasteiger partial charge in [-0.15, -0.1) is 0 Å². The van der Waals surface area contributed by atoms with Crippen molar-refractivity contribution >= 4 is 5.91 Å². The largest absolute Gasteiger partial charge is 0.335 e. The Morgan fingerprint density at radius 3 is 2.50 bits per heavy atom. The highest BCUT2D eigenvalue weighted by Crippen LogP contribution is 2.16. The van der Waals surface area contributed by atoms with Crippen LogP contribution in [0, 0.1) is 11.3 Å². The van der Waals surface area contributed by atoms with Gasteiger partial charge in [0.25, 0.3) is 5.91 Å². The van der Waals surface area contributed by atoms with Crippen LogP contribution in [0.2, 0.25) is 0 Å². The fourth-order valence-corrected chi connectivity index (χ4v) is 2.28. The number of hydrogen-bond acceptors (Lipinski definition) is 4. The molecule has 1 aliphatic heterocycles. The van der Waals surface area contributed by atoms with Crippen molar-refractivity contribution in [2.24, 2.45) is 0 Å². The van der Waals surface area contributed by atoms with Gasteiger partial charge < -0.3 is 9.88 Å². The predicted molar refractivity (Wildman–Crippen MR) is 74.2 cm³/mol. The fourth-order valence-electron chi connectivity index (χ4n) is 2.28. The number of carbonyl (C=O) groups is 1. The van der Waals surface area contributed by atoms with E-state index in [9.17, 15) is 9.59 Å². The van der Waals surface area contributed by atoms with Crippen LogP contribution in [0.4, 0.5) is 0 Å². The topological polar surface area (TPSA) is 80.2 Å². The van der Waals surface area contributed by atoms with Crippen LogP contribution in [-0.4, -0.2) is 52.4 Å². The van der Waals surface area contributed by atoms with Crippen LogP contribution in [-0.2, 0) is 0 Å². The van der Waals surface area contributed by atoms with Gasteiger partial charge in [-0.3, -0.25) is 14.5 Å². The fraction of sp³-hybridized carbons (Fsp3) is 0.500. The first-order chi connectivity index (χ1) is 9.44. The second-order valence-electron chi connectivity index (χ2n) is 5.38. The molecule has 0 spiro atoms. The molecule has 0 aromatic carbocycles. The summed E-state index contributed by atoms with van der Waals surface area (Å²) in [4.78, 5) is 29.8. The molecular formula is C14H18N4O2. The number of rotatable bonds is 2. The van der Waals surface area contributed by atoms with Crippen molar-refractivity contribution in [3.05, 3.63) is 34.2 Å². The molecule has 6 nitrogen and oxygen atoms in total. The van der Waals surface area contributed by atoms with Crippen LogP contribution in [0.15, 0.2) is 23.0 Å². The Hall–Kier alpha value is -2.13. The van der Waals surface area contributed by atoms with Gasteiger partial charge in [-0.05, 0) is 19.9 Å². The van der Waals surface area contributed by atoms with Gasteiger partial charge in [-0.1, -0.05) is 6.07 Å². The summed E-state index contributed by atoms with van der Waals surface area (Å²) in [6.07, 6.45) is 0. The van der Waals surface area contributed by atoms with E-state index in [4.69, 9.17) is 5.26 Å². The van der Waals surface area contributed by atoms with E-state index >= 15 is 0 Å². The quantitative estimate of drug-likeness (QED) is 0.848. The van der Waals surface area contributed by atoms with Crippen LogP contribution in [0.5, 0.6) is 0 Å². The Labute approximate surface area is 117 Å². The van der Waals surface area contributed by atoms with Crippen molar-refractivity contribution in [1.29, 1.82) is 5.26 Å². The van der Waals surface area contributed by atoms with Gasteiger partial charge in [0.05, 0.1) is 6.07 Å². The lowest BCUT2D eigenvalue weighted by Gasteiger charge is -2.40. The molecule has 0 aliphatic carbocycles. The van der Waals surface area contributed by atoms with Crippen molar-refractivity contribution in [2.75, 3.05) is 26.2 Å². The molecule has 1 fully saturated rings. The lowest BCUT2D eigenvalue weighted by Crippen LogP contribution is -2.55. The Balaban J connectivity index is 2.03. The van der Waals surface area contributed by atoms with E-state index in [1.807, 2.05) is 13.8 Å². The summed E-state index contributed by atoms with van der Waals surface area (Å²) in [7, 11) is 0. The van der Waals surface area contributed by atoms with Gasteiger partial charge in [0.2, 0.25) is 5.56 Å². The SMILES string of the molecule is CC(C)(C#N)N1CCN(C(=O)c2cccc(=O)[nH]2)CC1. The smallest absolute Gasteiger partial charge is 0.270 e. The number of H-pyrrole nitrogens is 1. The van der Waals surface area contributed by atoms with Gasteiger partial charge >= 0.3 is 0 Å². The van der Waals surface area contributed by atoms with E-state index in [-0.39, 0.29) is 11.5 Å². The number of nitrogens with zero attached hydrogens (tertiary/aromatic N) is 3. The summed E-state index contributed by atoms with van der Waals surface area (Å²) in [5, 5.41) is 9.12. The highest BCUT2D eigenvalue weighted by Gasteiger charge is 2.31. The number of aromatic amines is 1. The Bertz CT molecular complexity index is 592. The van der Waals surface area contributed by atoms with Crippen LogP contribution < -0.4 is 5.56 Å². The molecule has 1 amide bonds. The minimum Gasteiger partial charge on any atom is -0.335 e. The highest BCUT2D eigenvalue weighted by atomic mass is 16.2. The van der Waals surface area contributed by atoms with E-state index in [2.05, 4.69) is 16.0 Å². The van der Waals surface area contributed by atoms with Crippen LogP contribution in [0.1, 0.15) is 24.3 Å². The minimum atomic E-state index is -0.518. The molecule has 6 heteroatoms. The van der Waals surface area contributed by atoms with Gasteiger partial charge in [0, 0.05) is 32.2 Å². The Morgan fingerprint density at radius 2 is 1.95 bits per heavy atom. The second kappa shape index (κ2) is 5.47. The summed E-state index contributed by atoms with van der Waals surface area (Å²) in [6.45, 7) is 6.17. The third-order valence-electron chi connectivity index (χ3n) is 3.63. The maximum absolute atomic E-state index is 12.3. The third-order valence-corrected chi connectivity index (χ3v) is 3.63. The van der Waals surface area contributed by atoms with Gasteiger partial charge in [0.1, 0.15) is 11.2 Å². The third kappa shape index (κ3) is 2.89. The number of carbonyl (C=O) groups excluding carboxylic acids is 1. The molecule has 20 heavy (non-hydrogen) atoms. The molecule has 0 saturated carbocycles. The van der Waals surface area contributed by atoms with Crippen molar-refractivity contribution in [1.82, 2.24) is 14.8 Å². The van der Waals surface area contributed by atoms with E-state index in [0.717, 1.165) is 0 Å². The summed E-state index contributed by atoms with van der Waals surface area (Å²) < 4.78 is 0. The van der Waals surface area contributed by atoms with E-state index < -0.39 is 5.54 Å². The van der Waals surface area contributed by atoms with Gasteiger partial charge in [0.15, 0.2) is 0 Å². The number of amides is 1. The van der Waals surface area contributed by atoms with Crippen molar-refractivity contribution in [2.45, 2.75) is 19.4 Å². The van der Waals surface area contributed by atoms with Crippen molar-refractivity contribution in [3.63, 3.8) is 0 Å². The molecule has 1 aromatic rings. The summed E-state index contributed by atoms with van der Waals surface area (Å²) in [5.74, 6) is -0.169. The van der Waals surface area contributed by atoms with Gasteiger partial charge in [-0.2, -0.15) is 5.26 Å². The van der Waals surface area contributed by atoms with Crippen LogP contribution >= 0.6 is 0 Å². The molecule has 0 atom stereocenters. The molecule has 0 unspecified atom stereocenters. The average Bonchev–Trinajstić information content (AvgIpc) is 2.46. The van der Waals surface area contributed by atoms with Crippen LogP contribution in [0.3, 0.4) is 0 Å². The molecule has 2 rings (SSSR count).